The highest BCUT2D eigenvalue weighted by Gasteiger charge is 2.46. The van der Waals surface area contributed by atoms with E-state index in [9.17, 15) is 4.79 Å². The Morgan fingerprint density at radius 1 is 1.11 bits per heavy atom. The van der Waals surface area contributed by atoms with Crippen LogP contribution in [0.3, 0.4) is 0 Å². The molecular weight excluding hydrogens is 360 g/mol. The van der Waals surface area contributed by atoms with Crippen molar-refractivity contribution in [2.24, 2.45) is 11.7 Å². The molecule has 2 unspecified atom stereocenters. The van der Waals surface area contributed by atoms with Gasteiger partial charge in [-0.15, -0.1) is 12.4 Å². The largest absolute Gasteiger partial charge is 0.378 e. The van der Waals surface area contributed by atoms with Crippen LogP contribution in [0, 0.1) is 5.92 Å². The van der Waals surface area contributed by atoms with Crippen LogP contribution in [0.4, 0.5) is 0 Å². The molecular formula is C22H29ClN2O2. The monoisotopic (exact) mass is 388 g/mol. The van der Waals surface area contributed by atoms with Gasteiger partial charge in [-0.05, 0) is 54.5 Å². The molecule has 146 valence electrons. The van der Waals surface area contributed by atoms with E-state index in [2.05, 4.69) is 47.4 Å². The number of nitrogens with two attached hydrogens (primary N) is 1. The Bertz CT molecular complexity index is 774. The normalized spacial score (nSPS) is 22.5. The number of piperidine rings is 1. The van der Waals surface area contributed by atoms with Crippen molar-refractivity contribution in [1.82, 2.24) is 4.90 Å². The number of carbonyl (C=O) groups excluding carboxylic acids is 1. The number of rotatable bonds is 6. The molecule has 2 N–H and O–H groups in total. The number of fused-ring (bicyclic) bond motifs is 1. The van der Waals surface area contributed by atoms with Gasteiger partial charge in [-0.25, -0.2) is 0 Å². The Morgan fingerprint density at radius 3 is 2.59 bits per heavy atom. The van der Waals surface area contributed by atoms with E-state index < -0.39 is 0 Å². The van der Waals surface area contributed by atoms with Crippen LogP contribution in [0.25, 0.3) is 10.8 Å². The number of hydrogen-bond donors (Lipinski definition) is 1. The van der Waals surface area contributed by atoms with Gasteiger partial charge >= 0.3 is 0 Å². The molecule has 1 saturated heterocycles. The number of halogens is 1. The number of ether oxygens (including phenoxy) is 1. The van der Waals surface area contributed by atoms with Crippen molar-refractivity contribution in [3.05, 3.63) is 48.0 Å². The molecule has 0 radical (unpaired) electrons. The summed E-state index contributed by atoms with van der Waals surface area (Å²) in [5.74, 6) is 0.903. The van der Waals surface area contributed by atoms with Crippen molar-refractivity contribution in [2.45, 2.75) is 37.7 Å². The van der Waals surface area contributed by atoms with Crippen molar-refractivity contribution < 1.29 is 9.53 Å². The maximum Gasteiger partial charge on any atom is 0.226 e. The van der Waals surface area contributed by atoms with E-state index in [1.165, 1.54) is 16.3 Å². The lowest BCUT2D eigenvalue weighted by Crippen LogP contribution is -2.42. The van der Waals surface area contributed by atoms with Crippen LogP contribution in [0.1, 0.15) is 37.2 Å². The zero-order valence-electron chi connectivity index (χ0n) is 15.7. The number of nitrogens with zero attached hydrogens (tertiary/aromatic N) is 1. The zero-order valence-corrected chi connectivity index (χ0v) is 16.5. The van der Waals surface area contributed by atoms with Gasteiger partial charge in [-0.2, -0.15) is 0 Å². The lowest BCUT2D eigenvalue weighted by Gasteiger charge is -2.32. The highest BCUT2D eigenvalue weighted by Crippen LogP contribution is 2.49. The van der Waals surface area contributed by atoms with Crippen LogP contribution < -0.4 is 5.73 Å². The fraction of sp³-hybridized carbons (Fsp3) is 0.500. The second-order valence-electron chi connectivity index (χ2n) is 7.59. The Balaban J connectivity index is 0.00000210. The summed E-state index contributed by atoms with van der Waals surface area (Å²) in [6.45, 7) is 3.07. The third kappa shape index (κ3) is 4.63. The standard InChI is InChI=1S/C22H28N2O2.ClH/c23-10-3-13-26-19-8-11-24(12-9-19)22(25)21-15-20(21)18-7-6-16-4-1-2-5-17(16)14-18;/h1-2,4-7,14,19-21H,3,8-13,15,23H2;1H. The lowest BCUT2D eigenvalue weighted by atomic mass is 10.0. The minimum absolute atomic E-state index is 0. The Morgan fingerprint density at radius 2 is 1.85 bits per heavy atom. The topological polar surface area (TPSA) is 55.6 Å². The van der Waals surface area contributed by atoms with Gasteiger partial charge in [0.2, 0.25) is 5.91 Å². The molecule has 4 rings (SSSR count). The summed E-state index contributed by atoms with van der Waals surface area (Å²) < 4.78 is 5.84. The van der Waals surface area contributed by atoms with Crippen LogP contribution in [0.15, 0.2) is 42.5 Å². The molecule has 0 aromatic heterocycles. The predicted octanol–water partition coefficient (Wildman–Crippen LogP) is 3.72. The van der Waals surface area contributed by atoms with Gasteiger partial charge < -0.3 is 15.4 Å². The summed E-state index contributed by atoms with van der Waals surface area (Å²) in [5.41, 5.74) is 6.81. The zero-order chi connectivity index (χ0) is 17.9. The lowest BCUT2D eigenvalue weighted by molar-refractivity contribution is -0.135. The van der Waals surface area contributed by atoms with E-state index in [0.717, 1.165) is 45.4 Å². The number of amides is 1. The number of benzene rings is 2. The van der Waals surface area contributed by atoms with Gasteiger partial charge in [0.15, 0.2) is 0 Å². The van der Waals surface area contributed by atoms with Crippen molar-refractivity contribution >= 4 is 29.1 Å². The summed E-state index contributed by atoms with van der Waals surface area (Å²) in [5, 5.41) is 2.52. The molecule has 4 nitrogen and oxygen atoms in total. The Hall–Kier alpha value is -1.62. The molecule has 0 bridgehead atoms. The molecule has 2 fully saturated rings. The maximum atomic E-state index is 12.8. The number of carbonyl (C=O) groups is 1. The summed E-state index contributed by atoms with van der Waals surface area (Å²) in [4.78, 5) is 14.9. The molecule has 2 aromatic rings. The van der Waals surface area contributed by atoms with E-state index in [1.807, 2.05) is 0 Å². The van der Waals surface area contributed by atoms with Gasteiger partial charge in [0.05, 0.1) is 6.10 Å². The summed E-state index contributed by atoms with van der Waals surface area (Å²) >= 11 is 0. The first-order valence-electron chi connectivity index (χ1n) is 9.85. The van der Waals surface area contributed by atoms with Crippen LogP contribution in [0.2, 0.25) is 0 Å². The minimum atomic E-state index is 0. The average Bonchev–Trinajstić information content (AvgIpc) is 3.49. The molecule has 2 aliphatic rings. The molecule has 2 atom stereocenters. The Labute approximate surface area is 167 Å². The molecule has 2 aromatic carbocycles. The fourth-order valence-electron chi connectivity index (χ4n) is 4.09. The van der Waals surface area contributed by atoms with Crippen molar-refractivity contribution in [2.75, 3.05) is 26.2 Å². The van der Waals surface area contributed by atoms with Gasteiger partial charge in [-0.3, -0.25) is 4.79 Å². The van der Waals surface area contributed by atoms with Crippen molar-refractivity contribution in [1.29, 1.82) is 0 Å². The first kappa shape index (κ1) is 20.1. The molecule has 1 amide bonds. The highest BCUT2D eigenvalue weighted by atomic mass is 35.5. The van der Waals surface area contributed by atoms with E-state index in [1.54, 1.807) is 0 Å². The highest BCUT2D eigenvalue weighted by molar-refractivity contribution is 5.86. The first-order chi connectivity index (χ1) is 12.8. The molecule has 1 heterocycles. The third-order valence-corrected chi connectivity index (χ3v) is 5.76. The molecule has 5 heteroatoms. The van der Waals surface area contributed by atoms with Crippen LogP contribution in [-0.4, -0.2) is 43.2 Å². The second kappa shape index (κ2) is 9.05. The summed E-state index contributed by atoms with van der Waals surface area (Å²) in [6.07, 6.45) is 4.09. The third-order valence-electron chi connectivity index (χ3n) is 5.76. The minimum Gasteiger partial charge on any atom is -0.378 e. The van der Waals surface area contributed by atoms with Crippen LogP contribution in [0.5, 0.6) is 0 Å². The van der Waals surface area contributed by atoms with E-state index in [-0.39, 0.29) is 18.3 Å². The maximum absolute atomic E-state index is 12.8. The molecule has 0 spiro atoms. The van der Waals surface area contributed by atoms with Crippen LogP contribution in [-0.2, 0) is 9.53 Å². The predicted molar refractivity (Wildman–Crippen MR) is 111 cm³/mol. The Kier molecular flexibility index (Phi) is 6.74. The molecule has 1 saturated carbocycles. The van der Waals surface area contributed by atoms with Gasteiger partial charge in [-0.1, -0.05) is 42.5 Å². The van der Waals surface area contributed by atoms with Gasteiger partial charge in [0.25, 0.3) is 0 Å². The quantitative estimate of drug-likeness (QED) is 0.767. The van der Waals surface area contributed by atoms with E-state index in [0.29, 0.717) is 24.5 Å². The molecule has 1 aliphatic carbocycles. The van der Waals surface area contributed by atoms with Crippen molar-refractivity contribution in [3.63, 3.8) is 0 Å². The molecule has 27 heavy (non-hydrogen) atoms. The van der Waals surface area contributed by atoms with Gasteiger partial charge in [0, 0.05) is 25.6 Å². The van der Waals surface area contributed by atoms with Crippen LogP contribution >= 0.6 is 12.4 Å². The van der Waals surface area contributed by atoms with E-state index >= 15 is 0 Å². The van der Waals surface area contributed by atoms with Gasteiger partial charge in [0.1, 0.15) is 0 Å². The summed E-state index contributed by atoms with van der Waals surface area (Å²) in [6, 6.07) is 15.0. The van der Waals surface area contributed by atoms with Crippen molar-refractivity contribution in [3.8, 4) is 0 Å². The smallest absolute Gasteiger partial charge is 0.226 e. The first-order valence-corrected chi connectivity index (χ1v) is 9.85. The number of likely N-dealkylation sites (tertiary alicyclic amines) is 1. The molecule has 1 aliphatic heterocycles. The fourth-order valence-corrected chi connectivity index (χ4v) is 4.09. The van der Waals surface area contributed by atoms with E-state index in [4.69, 9.17) is 10.5 Å². The number of hydrogen-bond acceptors (Lipinski definition) is 3. The SMILES string of the molecule is Cl.NCCCOC1CCN(C(=O)C2CC2c2ccc3ccccc3c2)CC1. The second-order valence-corrected chi connectivity index (χ2v) is 7.59. The summed E-state index contributed by atoms with van der Waals surface area (Å²) in [7, 11) is 0. The average molecular weight is 389 g/mol.